The first-order chi connectivity index (χ1) is 15.4. The van der Waals surface area contributed by atoms with E-state index in [0.29, 0.717) is 11.6 Å². The molecule has 1 amide bonds. The third-order valence-corrected chi connectivity index (χ3v) is 9.20. The third kappa shape index (κ3) is 4.92. The minimum Gasteiger partial charge on any atom is -0.335 e. The molecule has 0 spiro atoms. The molecule has 1 saturated heterocycles. The number of thioether (sulfide) groups is 1. The molecule has 0 aliphatic carbocycles. The summed E-state index contributed by atoms with van der Waals surface area (Å²) < 4.78 is 26.0. The summed E-state index contributed by atoms with van der Waals surface area (Å²) in [6.45, 7) is 4.00. The Morgan fingerprint density at radius 3 is 2.66 bits per heavy atom. The zero-order valence-electron chi connectivity index (χ0n) is 18.0. The molecule has 2 atom stereocenters. The Balaban J connectivity index is 1.58. The van der Waals surface area contributed by atoms with E-state index in [-0.39, 0.29) is 35.2 Å². The molecule has 3 heterocycles. The lowest BCUT2D eigenvalue weighted by Gasteiger charge is -2.33. The van der Waals surface area contributed by atoms with Gasteiger partial charge in [0.25, 0.3) is 0 Å². The normalized spacial score (nSPS) is 18.5. The van der Waals surface area contributed by atoms with Gasteiger partial charge in [0.1, 0.15) is 0 Å². The standard InChI is InChI=1S/C22H26N4O3S3/c1-3-16(2)25(18-11-13-32(28,29)15-18)20(27)14-31-22-24-23-21(19-10-7-12-30-19)26(22)17-8-5-4-6-9-17/h4-10,12,16,18H,3,11,13-15H2,1-2H3/t16-,18+/m0/s1. The van der Waals surface area contributed by atoms with Crippen LogP contribution < -0.4 is 0 Å². The first kappa shape index (κ1) is 23.0. The number of para-hydroxylation sites is 1. The third-order valence-electron chi connectivity index (χ3n) is 5.67. The maximum absolute atomic E-state index is 13.3. The van der Waals surface area contributed by atoms with Gasteiger partial charge in [-0.25, -0.2) is 8.42 Å². The summed E-state index contributed by atoms with van der Waals surface area (Å²) in [5.74, 6) is 1.05. The Bertz CT molecular complexity index is 1160. The molecule has 0 radical (unpaired) electrons. The second-order valence-electron chi connectivity index (χ2n) is 7.86. The molecular weight excluding hydrogens is 464 g/mol. The minimum atomic E-state index is -3.07. The van der Waals surface area contributed by atoms with E-state index < -0.39 is 9.84 Å². The molecule has 2 aromatic heterocycles. The number of benzene rings is 1. The van der Waals surface area contributed by atoms with Crippen LogP contribution in [-0.4, -0.2) is 63.3 Å². The van der Waals surface area contributed by atoms with Crippen molar-refractivity contribution in [1.82, 2.24) is 19.7 Å². The Kier molecular flexibility index (Phi) is 7.02. The highest BCUT2D eigenvalue weighted by molar-refractivity contribution is 7.99. The molecule has 0 saturated carbocycles. The summed E-state index contributed by atoms with van der Waals surface area (Å²) in [6.07, 6.45) is 1.28. The number of sulfone groups is 1. The van der Waals surface area contributed by atoms with Crippen LogP contribution in [0.25, 0.3) is 16.4 Å². The average molecular weight is 491 g/mol. The predicted molar refractivity (Wildman–Crippen MR) is 129 cm³/mol. The second-order valence-corrected chi connectivity index (χ2v) is 12.0. The van der Waals surface area contributed by atoms with Gasteiger partial charge in [0, 0.05) is 17.8 Å². The summed E-state index contributed by atoms with van der Waals surface area (Å²) >= 11 is 2.92. The number of carbonyl (C=O) groups excluding carboxylic acids is 1. The summed E-state index contributed by atoms with van der Waals surface area (Å²) in [5.41, 5.74) is 0.927. The van der Waals surface area contributed by atoms with Crippen molar-refractivity contribution in [3.63, 3.8) is 0 Å². The van der Waals surface area contributed by atoms with Crippen LogP contribution in [0.5, 0.6) is 0 Å². The predicted octanol–water partition coefficient (Wildman–Crippen LogP) is 3.90. The van der Waals surface area contributed by atoms with Crippen LogP contribution in [0.15, 0.2) is 53.0 Å². The number of thiophene rings is 1. The van der Waals surface area contributed by atoms with Crippen LogP contribution in [0.1, 0.15) is 26.7 Å². The number of aromatic nitrogens is 3. The number of hydrogen-bond acceptors (Lipinski definition) is 7. The van der Waals surface area contributed by atoms with Crippen molar-refractivity contribution in [2.75, 3.05) is 17.3 Å². The van der Waals surface area contributed by atoms with Gasteiger partial charge in [-0.3, -0.25) is 9.36 Å². The number of hydrogen-bond donors (Lipinski definition) is 0. The van der Waals surface area contributed by atoms with E-state index in [2.05, 4.69) is 10.2 Å². The topological polar surface area (TPSA) is 85.2 Å². The van der Waals surface area contributed by atoms with Gasteiger partial charge in [0.2, 0.25) is 5.91 Å². The summed E-state index contributed by atoms with van der Waals surface area (Å²) in [6, 6.07) is 13.5. The molecule has 7 nitrogen and oxygen atoms in total. The zero-order chi connectivity index (χ0) is 22.7. The number of rotatable bonds is 8. The lowest BCUT2D eigenvalue weighted by atomic mass is 10.1. The van der Waals surface area contributed by atoms with Crippen LogP contribution in [0, 0.1) is 0 Å². The SMILES string of the molecule is CC[C@H](C)N(C(=O)CSc1nnc(-c2cccs2)n1-c1ccccc1)[C@@H]1CCS(=O)(=O)C1. The van der Waals surface area contributed by atoms with E-state index in [4.69, 9.17) is 0 Å². The highest BCUT2D eigenvalue weighted by Gasteiger charge is 2.36. The second kappa shape index (κ2) is 9.76. The van der Waals surface area contributed by atoms with Crippen LogP contribution in [0.3, 0.4) is 0 Å². The van der Waals surface area contributed by atoms with Crippen molar-refractivity contribution < 1.29 is 13.2 Å². The Hall–Kier alpha value is -2.17. The van der Waals surface area contributed by atoms with Gasteiger partial charge in [-0.1, -0.05) is 43.0 Å². The average Bonchev–Trinajstić information content (AvgIpc) is 3.52. The van der Waals surface area contributed by atoms with E-state index in [1.54, 1.807) is 16.2 Å². The van der Waals surface area contributed by atoms with Crippen molar-refractivity contribution in [3.05, 3.63) is 47.8 Å². The number of carbonyl (C=O) groups is 1. The molecule has 0 unspecified atom stereocenters. The molecule has 3 aromatic rings. The first-order valence-corrected chi connectivity index (χ1v) is 14.3. The lowest BCUT2D eigenvalue weighted by molar-refractivity contribution is -0.132. The molecule has 1 aliphatic rings. The molecule has 10 heteroatoms. The van der Waals surface area contributed by atoms with E-state index in [1.165, 1.54) is 11.8 Å². The fraction of sp³-hybridized carbons (Fsp3) is 0.409. The zero-order valence-corrected chi connectivity index (χ0v) is 20.5. The van der Waals surface area contributed by atoms with E-state index >= 15 is 0 Å². The minimum absolute atomic E-state index is 0.0185. The molecule has 170 valence electrons. The highest BCUT2D eigenvalue weighted by atomic mass is 32.2. The van der Waals surface area contributed by atoms with Gasteiger partial charge in [0.15, 0.2) is 20.8 Å². The summed E-state index contributed by atoms with van der Waals surface area (Å²) in [5, 5.41) is 11.4. The lowest BCUT2D eigenvalue weighted by Crippen LogP contribution is -2.47. The smallest absolute Gasteiger partial charge is 0.233 e. The largest absolute Gasteiger partial charge is 0.335 e. The number of nitrogens with zero attached hydrogens (tertiary/aromatic N) is 4. The van der Waals surface area contributed by atoms with Gasteiger partial charge >= 0.3 is 0 Å². The number of amides is 1. The Morgan fingerprint density at radius 2 is 2.03 bits per heavy atom. The van der Waals surface area contributed by atoms with Crippen molar-refractivity contribution in [2.24, 2.45) is 0 Å². The molecular formula is C22H26N4O3S3. The van der Waals surface area contributed by atoms with Crippen molar-refractivity contribution in [3.8, 4) is 16.4 Å². The van der Waals surface area contributed by atoms with Crippen molar-refractivity contribution >= 4 is 38.8 Å². The highest BCUT2D eigenvalue weighted by Crippen LogP contribution is 2.31. The van der Waals surface area contributed by atoms with E-state index in [1.807, 2.05) is 66.3 Å². The van der Waals surface area contributed by atoms with Crippen molar-refractivity contribution in [1.29, 1.82) is 0 Å². The summed E-state index contributed by atoms with van der Waals surface area (Å²) in [7, 11) is -3.07. The van der Waals surface area contributed by atoms with E-state index in [9.17, 15) is 13.2 Å². The fourth-order valence-corrected chi connectivity index (χ4v) is 7.17. The van der Waals surface area contributed by atoms with Gasteiger partial charge in [0.05, 0.1) is 22.1 Å². The van der Waals surface area contributed by atoms with Crippen LogP contribution in [-0.2, 0) is 14.6 Å². The van der Waals surface area contributed by atoms with Gasteiger partial charge in [-0.15, -0.1) is 21.5 Å². The quantitative estimate of drug-likeness (QED) is 0.445. The van der Waals surface area contributed by atoms with Gasteiger partial charge < -0.3 is 4.90 Å². The van der Waals surface area contributed by atoms with E-state index in [0.717, 1.165) is 22.8 Å². The maximum atomic E-state index is 13.3. The molecule has 0 bridgehead atoms. The Morgan fingerprint density at radius 1 is 1.25 bits per heavy atom. The fourth-order valence-electron chi connectivity index (χ4n) is 3.94. The molecule has 1 aromatic carbocycles. The van der Waals surface area contributed by atoms with Gasteiger partial charge in [-0.05, 0) is 43.3 Å². The van der Waals surface area contributed by atoms with Crippen LogP contribution in [0.4, 0.5) is 0 Å². The maximum Gasteiger partial charge on any atom is 0.233 e. The molecule has 1 aliphatic heterocycles. The molecule has 1 fully saturated rings. The van der Waals surface area contributed by atoms with Crippen molar-refractivity contribution in [2.45, 2.75) is 43.9 Å². The molecule has 0 N–H and O–H groups in total. The van der Waals surface area contributed by atoms with Crippen LogP contribution >= 0.6 is 23.1 Å². The molecule has 4 rings (SSSR count). The monoisotopic (exact) mass is 490 g/mol. The van der Waals surface area contributed by atoms with Gasteiger partial charge in [-0.2, -0.15) is 0 Å². The molecule has 32 heavy (non-hydrogen) atoms. The Labute approximate surface area is 196 Å². The first-order valence-electron chi connectivity index (χ1n) is 10.6. The summed E-state index contributed by atoms with van der Waals surface area (Å²) in [4.78, 5) is 16.0. The van der Waals surface area contributed by atoms with Crippen LogP contribution in [0.2, 0.25) is 0 Å².